The summed E-state index contributed by atoms with van der Waals surface area (Å²) >= 11 is 5.86. The second-order valence-electron chi connectivity index (χ2n) is 5.20. The van der Waals surface area contributed by atoms with Crippen LogP contribution in [0.1, 0.15) is 18.4 Å². The monoisotopic (exact) mass is 300 g/mol. The Kier molecular flexibility index (Phi) is 4.96. The van der Waals surface area contributed by atoms with E-state index in [1.165, 1.54) is 12.1 Å². The summed E-state index contributed by atoms with van der Waals surface area (Å²) in [6, 6.07) is 4.51. The summed E-state index contributed by atoms with van der Waals surface area (Å²) in [6.45, 7) is 1.87. The lowest BCUT2D eigenvalue weighted by Crippen LogP contribution is -2.42. The van der Waals surface area contributed by atoms with Gasteiger partial charge in [0.1, 0.15) is 11.9 Å². The maximum absolute atomic E-state index is 13.6. The summed E-state index contributed by atoms with van der Waals surface area (Å²) in [4.78, 5) is 13.0. The summed E-state index contributed by atoms with van der Waals surface area (Å²) in [5, 5.41) is 10.2. The van der Waals surface area contributed by atoms with Crippen molar-refractivity contribution in [3.63, 3.8) is 0 Å². The molecule has 4 nitrogen and oxygen atoms in total. The molecule has 1 amide bonds. The quantitative estimate of drug-likeness (QED) is 0.886. The molecule has 110 valence electrons. The van der Waals surface area contributed by atoms with Crippen LogP contribution in [0.25, 0.3) is 0 Å². The lowest BCUT2D eigenvalue weighted by atomic mass is 9.90. The largest absolute Gasteiger partial charge is 0.383 e. The molecule has 1 atom stereocenters. The normalized spacial score (nSPS) is 18.9. The Hall–Kier alpha value is -1.17. The number of rotatable bonds is 4. The van der Waals surface area contributed by atoms with Crippen molar-refractivity contribution in [3.05, 3.63) is 34.6 Å². The highest BCUT2D eigenvalue weighted by Gasteiger charge is 2.28. The Labute approximate surface area is 122 Å². The van der Waals surface area contributed by atoms with Gasteiger partial charge < -0.3 is 10.8 Å². The van der Waals surface area contributed by atoms with Crippen LogP contribution in [0.2, 0.25) is 5.02 Å². The molecule has 1 aromatic rings. The minimum atomic E-state index is -1.08. The van der Waals surface area contributed by atoms with E-state index in [0.717, 1.165) is 0 Å². The number of amides is 1. The van der Waals surface area contributed by atoms with Crippen LogP contribution in [0, 0.1) is 11.7 Å². The number of carbonyl (C=O) groups excluding carboxylic acids is 1. The SMILES string of the molecule is NC(=O)[C@H](O)C1CCN(Cc2cc(Cl)ccc2F)CC1. The predicted octanol–water partition coefficient (Wildman–Crippen LogP) is 1.54. The Balaban J connectivity index is 1.91. The van der Waals surface area contributed by atoms with Gasteiger partial charge in [-0.2, -0.15) is 0 Å². The van der Waals surface area contributed by atoms with Gasteiger partial charge in [-0.3, -0.25) is 9.69 Å². The number of piperidine rings is 1. The number of likely N-dealkylation sites (tertiary alicyclic amines) is 1. The lowest BCUT2D eigenvalue weighted by Gasteiger charge is -2.33. The van der Waals surface area contributed by atoms with Gasteiger partial charge in [0.15, 0.2) is 0 Å². The van der Waals surface area contributed by atoms with Crippen molar-refractivity contribution in [1.29, 1.82) is 0 Å². The number of carbonyl (C=O) groups is 1. The van der Waals surface area contributed by atoms with Gasteiger partial charge in [0.25, 0.3) is 0 Å². The van der Waals surface area contributed by atoms with Gasteiger partial charge in [-0.25, -0.2) is 4.39 Å². The first-order valence-electron chi connectivity index (χ1n) is 6.61. The molecule has 0 spiro atoms. The van der Waals surface area contributed by atoms with E-state index < -0.39 is 12.0 Å². The molecule has 0 saturated carbocycles. The fourth-order valence-corrected chi connectivity index (χ4v) is 2.76. The first kappa shape index (κ1) is 15.2. The Morgan fingerprint density at radius 3 is 2.75 bits per heavy atom. The first-order valence-corrected chi connectivity index (χ1v) is 6.99. The minimum Gasteiger partial charge on any atom is -0.383 e. The average molecular weight is 301 g/mol. The molecule has 1 aliphatic rings. The third-order valence-electron chi connectivity index (χ3n) is 3.77. The molecule has 1 saturated heterocycles. The molecule has 0 radical (unpaired) electrons. The second kappa shape index (κ2) is 6.52. The molecule has 1 aliphatic heterocycles. The van der Waals surface area contributed by atoms with Gasteiger partial charge in [0, 0.05) is 17.1 Å². The topological polar surface area (TPSA) is 66.6 Å². The van der Waals surface area contributed by atoms with E-state index in [1.54, 1.807) is 6.07 Å². The van der Waals surface area contributed by atoms with Crippen LogP contribution in [0.5, 0.6) is 0 Å². The van der Waals surface area contributed by atoms with Crippen molar-refractivity contribution in [1.82, 2.24) is 4.90 Å². The smallest absolute Gasteiger partial charge is 0.246 e. The average Bonchev–Trinajstić information content (AvgIpc) is 2.43. The van der Waals surface area contributed by atoms with Crippen LogP contribution in [-0.4, -0.2) is 35.1 Å². The molecule has 0 bridgehead atoms. The number of halogens is 2. The third kappa shape index (κ3) is 3.69. The standard InChI is InChI=1S/C14H18ClFN2O2/c15-11-1-2-12(16)10(7-11)8-18-5-3-9(4-6-18)13(19)14(17)20/h1-2,7,9,13,19H,3-6,8H2,(H2,17,20)/t13-/m1/s1. The number of benzene rings is 1. The van der Waals surface area contributed by atoms with Crippen molar-refractivity contribution in [2.24, 2.45) is 11.7 Å². The molecular weight excluding hydrogens is 283 g/mol. The summed E-state index contributed by atoms with van der Waals surface area (Å²) in [7, 11) is 0. The van der Waals surface area contributed by atoms with Gasteiger partial charge in [-0.15, -0.1) is 0 Å². The van der Waals surface area contributed by atoms with Gasteiger partial charge >= 0.3 is 0 Å². The van der Waals surface area contributed by atoms with Gasteiger partial charge in [0.05, 0.1) is 0 Å². The van der Waals surface area contributed by atoms with Crippen molar-refractivity contribution in [2.75, 3.05) is 13.1 Å². The Bertz CT molecular complexity index is 490. The number of hydrogen-bond acceptors (Lipinski definition) is 3. The van der Waals surface area contributed by atoms with Crippen LogP contribution >= 0.6 is 11.6 Å². The van der Waals surface area contributed by atoms with Crippen molar-refractivity contribution < 1.29 is 14.3 Å². The van der Waals surface area contributed by atoms with Crippen LogP contribution in [0.3, 0.4) is 0 Å². The van der Waals surface area contributed by atoms with Crippen LogP contribution in [0.4, 0.5) is 4.39 Å². The fourth-order valence-electron chi connectivity index (χ4n) is 2.56. The zero-order chi connectivity index (χ0) is 14.7. The molecule has 0 aliphatic carbocycles. The van der Waals surface area contributed by atoms with E-state index in [1.807, 2.05) is 0 Å². The molecule has 1 heterocycles. The zero-order valence-electron chi connectivity index (χ0n) is 11.1. The summed E-state index contributed by atoms with van der Waals surface area (Å²) < 4.78 is 13.6. The number of aliphatic hydroxyl groups excluding tert-OH is 1. The molecule has 0 aromatic heterocycles. The Morgan fingerprint density at radius 1 is 1.50 bits per heavy atom. The van der Waals surface area contributed by atoms with E-state index in [2.05, 4.69) is 4.90 Å². The molecule has 20 heavy (non-hydrogen) atoms. The van der Waals surface area contributed by atoms with Crippen molar-refractivity contribution in [2.45, 2.75) is 25.5 Å². The van der Waals surface area contributed by atoms with Crippen LogP contribution in [0.15, 0.2) is 18.2 Å². The van der Waals surface area contributed by atoms with E-state index in [0.29, 0.717) is 43.1 Å². The molecule has 1 fully saturated rings. The van der Waals surface area contributed by atoms with Gasteiger partial charge in [-0.05, 0) is 50.0 Å². The molecule has 0 unspecified atom stereocenters. The molecule has 3 N–H and O–H groups in total. The number of aliphatic hydroxyl groups is 1. The summed E-state index contributed by atoms with van der Waals surface area (Å²) in [5.74, 6) is -1.05. The van der Waals surface area contributed by atoms with E-state index in [-0.39, 0.29) is 11.7 Å². The van der Waals surface area contributed by atoms with Gasteiger partial charge in [-0.1, -0.05) is 11.6 Å². The van der Waals surface area contributed by atoms with Crippen LogP contribution < -0.4 is 5.73 Å². The maximum atomic E-state index is 13.6. The van der Waals surface area contributed by atoms with Crippen LogP contribution in [-0.2, 0) is 11.3 Å². The summed E-state index contributed by atoms with van der Waals surface area (Å²) in [6.07, 6.45) is 0.263. The highest BCUT2D eigenvalue weighted by molar-refractivity contribution is 6.30. The molecule has 1 aromatic carbocycles. The van der Waals surface area contributed by atoms with Gasteiger partial charge in [0.2, 0.25) is 5.91 Å². The van der Waals surface area contributed by atoms with E-state index in [4.69, 9.17) is 17.3 Å². The predicted molar refractivity (Wildman–Crippen MR) is 74.6 cm³/mol. The molecule has 6 heteroatoms. The first-order chi connectivity index (χ1) is 9.47. The summed E-state index contributed by atoms with van der Waals surface area (Å²) in [5.41, 5.74) is 5.66. The number of hydrogen-bond donors (Lipinski definition) is 2. The van der Waals surface area contributed by atoms with Crippen molar-refractivity contribution in [3.8, 4) is 0 Å². The fraction of sp³-hybridized carbons (Fsp3) is 0.500. The van der Waals surface area contributed by atoms with Crippen molar-refractivity contribution >= 4 is 17.5 Å². The third-order valence-corrected chi connectivity index (χ3v) is 4.01. The molecule has 2 rings (SSSR count). The second-order valence-corrected chi connectivity index (χ2v) is 5.63. The highest BCUT2D eigenvalue weighted by atomic mass is 35.5. The molecular formula is C14H18ClFN2O2. The van der Waals surface area contributed by atoms with E-state index in [9.17, 15) is 14.3 Å². The number of nitrogens with two attached hydrogens (primary N) is 1. The minimum absolute atomic E-state index is 0.104. The zero-order valence-corrected chi connectivity index (χ0v) is 11.8. The number of primary amides is 1. The van der Waals surface area contributed by atoms with E-state index >= 15 is 0 Å². The lowest BCUT2D eigenvalue weighted by molar-refractivity contribution is -0.129. The Morgan fingerprint density at radius 2 is 2.15 bits per heavy atom. The number of nitrogens with zero attached hydrogens (tertiary/aromatic N) is 1. The highest BCUT2D eigenvalue weighted by Crippen LogP contribution is 2.23. The maximum Gasteiger partial charge on any atom is 0.246 e.